The van der Waals surface area contributed by atoms with Crippen LogP contribution in [-0.4, -0.2) is 21.7 Å². The van der Waals surface area contributed by atoms with Crippen LogP contribution in [0.25, 0.3) is 0 Å². The zero-order valence-electron chi connectivity index (χ0n) is 11.3. The van der Waals surface area contributed by atoms with Crippen molar-refractivity contribution in [3.05, 3.63) is 35.6 Å². The Morgan fingerprint density at radius 3 is 3.05 bits per heavy atom. The first-order valence-corrected chi connectivity index (χ1v) is 6.77. The number of aryl methyl sites for hydroxylation is 1. The van der Waals surface area contributed by atoms with Crippen molar-refractivity contribution in [3.63, 3.8) is 0 Å². The lowest BCUT2D eigenvalue weighted by Gasteiger charge is -2.23. The van der Waals surface area contributed by atoms with Gasteiger partial charge in [0.25, 0.3) is 0 Å². The molecular formula is C14H15N5O. The fourth-order valence-electron chi connectivity index (χ4n) is 2.48. The van der Waals surface area contributed by atoms with Crippen molar-refractivity contribution in [2.45, 2.75) is 32.2 Å². The summed E-state index contributed by atoms with van der Waals surface area (Å²) in [5.41, 5.74) is 0.567. The number of nitriles is 1. The van der Waals surface area contributed by atoms with E-state index in [1.165, 1.54) is 0 Å². The molecule has 0 amide bonds. The molecule has 1 saturated heterocycles. The van der Waals surface area contributed by atoms with E-state index in [0.29, 0.717) is 11.5 Å². The number of pyridine rings is 1. The van der Waals surface area contributed by atoms with Gasteiger partial charge < -0.3 is 9.42 Å². The van der Waals surface area contributed by atoms with Crippen LogP contribution in [0.4, 0.5) is 5.82 Å². The third-order valence-electron chi connectivity index (χ3n) is 3.51. The van der Waals surface area contributed by atoms with Gasteiger partial charge in [-0.1, -0.05) is 12.1 Å². The van der Waals surface area contributed by atoms with Crippen LogP contribution in [0.1, 0.15) is 43.1 Å². The van der Waals surface area contributed by atoms with E-state index in [0.717, 1.165) is 37.4 Å². The standard InChI is InChI=1S/C14H15N5O/c1-2-13-17-14(18-20-13)11-4-3-7-19(11)12-6-5-10(8-15)9-16-12/h5-6,9,11H,2-4,7H2,1H3/t11-/m1/s1. The number of hydrogen-bond acceptors (Lipinski definition) is 6. The Morgan fingerprint density at radius 1 is 1.50 bits per heavy atom. The SMILES string of the molecule is CCc1nc([C@H]2CCCN2c2ccc(C#N)cn2)no1. The maximum Gasteiger partial charge on any atom is 0.226 e. The Morgan fingerprint density at radius 2 is 2.40 bits per heavy atom. The molecule has 2 aromatic rings. The van der Waals surface area contributed by atoms with Crippen LogP contribution in [0.15, 0.2) is 22.9 Å². The first-order chi connectivity index (χ1) is 9.81. The average molecular weight is 269 g/mol. The van der Waals surface area contributed by atoms with Gasteiger partial charge in [0.1, 0.15) is 11.9 Å². The second-order valence-corrected chi connectivity index (χ2v) is 4.77. The smallest absolute Gasteiger partial charge is 0.226 e. The van der Waals surface area contributed by atoms with E-state index in [-0.39, 0.29) is 6.04 Å². The number of hydrogen-bond donors (Lipinski definition) is 0. The molecule has 0 radical (unpaired) electrons. The molecule has 1 aliphatic rings. The third kappa shape index (κ3) is 2.23. The van der Waals surface area contributed by atoms with Crippen LogP contribution < -0.4 is 4.90 Å². The minimum atomic E-state index is 0.111. The van der Waals surface area contributed by atoms with E-state index >= 15 is 0 Å². The van der Waals surface area contributed by atoms with Gasteiger partial charge in [-0.25, -0.2) is 4.98 Å². The summed E-state index contributed by atoms with van der Waals surface area (Å²) in [6.07, 6.45) is 4.40. The molecule has 6 nitrogen and oxygen atoms in total. The van der Waals surface area contributed by atoms with Gasteiger partial charge in [-0.15, -0.1) is 0 Å². The van der Waals surface area contributed by atoms with Crippen molar-refractivity contribution in [3.8, 4) is 6.07 Å². The maximum atomic E-state index is 8.82. The molecule has 0 unspecified atom stereocenters. The van der Waals surface area contributed by atoms with E-state index in [2.05, 4.69) is 26.1 Å². The molecule has 3 heterocycles. The molecule has 1 fully saturated rings. The topological polar surface area (TPSA) is 78.8 Å². The number of aromatic nitrogens is 3. The quantitative estimate of drug-likeness (QED) is 0.850. The zero-order valence-corrected chi connectivity index (χ0v) is 11.3. The molecule has 0 aliphatic carbocycles. The fraction of sp³-hybridized carbons (Fsp3) is 0.429. The fourth-order valence-corrected chi connectivity index (χ4v) is 2.48. The first kappa shape index (κ1) is 12.6. The summed E-state index contributed by atoms with van der Waals surface area (Å²) in [5, 5.41) is 12.9. The van der Waals surface area contributed by atoms with Crippen LogP contribution in [0, 0.1) is 11.3 Å². The summed E-state index contributed by atoms with van der Waals surface area (Å²) in [5.74, 6) is 2.25. The minimum absolute atomic E-state index is 0.111. The highest BCUT2D eigenvalue weighted by Crippen LogP contribution is 2.33. The van der Waals surface area contributed by atoms with Gasteiger partial charge >= 0.3 is 0 Å². The van der Waals surface area contributed by atoms with Crippen molar-refractivity contribution in [1.82, 2.24) is 15.1 Å². The Labute approximate surface area is 117 Å². The number of nitrogens with zero attached hydrogens (tertiary/aromatic N) is 5. The van der Waals surface area contributed by atoms with Crippen LogP contribution in [0.5, 0.6) is 0 Å². The molecule has 3 rings (SSSR count). The maximum absolute atomic E-state index is 8.82. The molecule has 0 N–H and O–H groups in total. The van der Waals surface area contributed by atoms with Gasteiger partial charge in [0, 0.05) is 19.2 Å². The Kier molecular flexibility index (Phi) is 3.33. The molecule has 0 aromatic carbocycles. The molecule has 1 aliphatic heterocycles. The molecule has 2 aromatic heterocycles. The second kappa shape index (κ2) is 5.29. The predicted molar refractivity (Wildman–Crippen MR) is 71.9 cm³/mol. The van der Waals surface area contributed by atoms with E-state index in [1.807, 2.05) is 13.0 Å². The summed E-state index contributed by atoms with van der Waals surface area (Å²) < 4.78 is 5.20. The minimum Gasteiger partial charge on any atom is -0.346 e. The van der Waals surface area contributed by atoms with Crippen molar-refractivity contribution >= 4 is 5.82 Å². The molecule has 0 saturated carbocycles. The molecule has 0 spiro atoms. The Hall–Kier alpha value is -2.42. The first-order valence-electron chi connectivity index (χ1n) is 6.77. The summed E-state index contributed by atoms with van der Waals surface area (Å²) in [4.78, 5) is 10.9. The number of rotatable bonds is 3. The second-order valence-electron chi connectivity index (χ2n) is 4.77. The molecule has 1 atom stereocenters. The summed E-state index contributed by atoms with van der Waals surface area (Å²) in [6, 6.07) is 5.84. The zero-order chi connectivity index (χ0) is 13.9. The van der Waals surface area contributed by atoms with Crippen LogP contribution in [0.3, 0.4) is 0 Å². The van der Waals surface area contributed by atoms with Crippen LogP contribution in [-0.2, 0) is 6.42 Å². The van der Waals surface area contributed by atoms with E-state index in [9.17, 15) is 0 Å². The molecule has 0 bridgehead atoms. The monoisotopic (exact) mass is 269 g/mol. The Bertz CT molecular complexity index is 628. The van der Waals surface area contributed by atoms with Gasteiger partial charge in [-0.2, -0.15) is 10.2 Å². The van der Waals surface area contributed by atoms with Crippen LogP contribution in [0.2, 0.25) is 0 Å². The molecular weight excluding hydrogens is 254 g/mol. The van der Waals surface area contributed by atoms with E-state index < -0.39 is 0 Å². The highest BCUT2D eigenvalue weighted by Gasteiger charge is 2.30. The lowest BCUT2D eigenvalue weighted by Crippen LogP contribution is -2.24. The van der Waals surface area contributed by atoms with E-state index in [4.69, 9.17) is 9.78 Å². The molecule has 20 heavy (non-hydrogen) atoms. The van der Waals surface area contributed by atoms with Gasteiger partial charge in [0.2, 0.25) is 5.89 Å². The van der Waals surface area contributed by atoms with Crippen molar-refractivity contribution in [1.29, 1.82) is 5.26 Å². The number of anilines is 1. The van der Waals surface area contributed by atoms with Gasteiger partial charge in [-0.05, 0) is 25.0 Å². The predicted octanol–water partition coefficient (Wildman–Crippen LogP) is 2.24. The lowest BCUT2D eigenvalue weighted by molar-refractivity contribution is 0.373. The van der Waals surface area contributed by atoms with E-state index in [1.54, 1.807) is 12.3 Å². The average Bonchev–Trinajstić information content (AvgIpc) is 3.15. The largest absolute Gasteiger partial charge is 0.346 e. The molecule has 102 valence electrons. The normalized spacial score (nSPS) is 18.2. The Balaban J connectivity index is 1.86. The van der Waals surface area contributed by atoms with Crippen molar-refractivity contribution < 1.29 is 4.52 Å². The van der Waals surface area contributed by atoms with Crippen molar-refractivity contribution in [2.75, 3.05) is 11.4 Å². The highest BCUT2D eigenvalue weighted by atomic mass is 16.5. The van der Waals surface area contributed by atoms with Gasteiger partial charge in [0.15, 0.2) is 5.82 Å². The highest BCUT2D eigenvalue weighted by molar-refractivity contribution is 5.44. The van der Waals surface area contributed by atoms with Crippen LogP contribution >= 0.6 is 0 Å². The summed E-state index contributed by atoms with van der Waals surface area (Å²) in [7, 11) is 0. The third-order valence-corrected chi connectivity index (χ3v) is 3.51. The van der Waals surface area contributed by atoms with Crippen molar-refractivity contribution in [2.24, 2.45) is 0 Å². The van der Waals surface area contributed by atoms with Gasteiger partial charge in [-0.3, -0.25) is 0 Å². The summed E-state index contributed by atoms with van der Waals surface area (Å²) >= 11 is 0. The lowest BCUT2D eigenvalue weighted by atomic mass is 10.2. The van der Waals surface area contributed by atoms with Gasteiger partial charge in [0.05, 0.1) is 11.6 Å². The summed E-state index contributed by atoms with van der Waals surface area (Å²) in [6.45, 7) is 2.91. The molecule has 6 heteroatoms.